The van der Waals surface area contributed by atoms with E-state index in [9.17, 15) is 0 Å². The number of thiazole rings is 1. The van der Waals surface area contributed by atoms with Crippen LogP contribution in [0, 0.1) is 0 Å². The molecule has 3 rings (SSSR count). The summed E-state index contributed by atoms with van der Waals surface area (Å²) in [5, 5.41) is 0. The van der Waals surface area contributed by atoms with Gasteiger partial charge in [-0.2, -0.15) is 0 Å². The van der Waals surface area contributed by atoms with Gasteiger partial charge >= 0.3 is 0 Å². The number of hydrogen-bond donors (Lipinski definition) is 0. The Hall–Kier alpha value is -1.59. The van der Waals surface area contributed by atoms with Crippen LogP contribution in [0.4, 0.5) is 0 Å². The average molecular weight is 276 g/mol. The summed E-state index contributed by atoms with van der Waals surface area (Å²) in [7, 11) is 2.09. The Morgan fingerprint density at radius 1 is 1.37 bits per heavy atom. The molecule has 1 aromatic heterocycles. The number of aromatic nitrogens is 1. The monoisotopic (exact) mass is 276 g/mol. The number of rotatable bonds is 4. The van der Waals surface area contributed by atoms with Crippen molar-refractivity contribution in [3.05, 3.63) is 40.8 Å². The first-order valence-corrected chi connectivity index (χ1v) is 7.13. The van der Waals surface area contributed by atoms with Crippen LogP contribution in [0.5, 0.6) is 11.5 Å². The van der Waals surface area contributed by atoms with E-state index in [-0.39, 0.29) is 6.10 Å². The molecule has 1 aliphatic heterocycles. The number of benzene rings is 1. The third kappa shape index (κ3) is 3.05. The quantitative estimate of drug-likeness (QED) is 0.859. The van der Waals surface area contributed by atoms with Crippen LogP contribution in [-0.4, -0.2) is 36.2 Å². The van der Waals surface area contributed by atoms with E-state index >= 15 is 0 Å². The fourth-order valence-electron chi connectivity index (χ4n) is 2.15. The SMILES string of the molecule is CN(Cc1cncs1)CC1COc2ccccc2O1. The summed E-state index contributed by atoms with van der Waals surface area (Å²) >= 11 is 1.68. The van der Waals surface area contributed by atoms with E-state index in [4.69, 9.17) is 9.47 Å². The van der Waals surface area contributed by atoms with Crippen molar-refractivity contribution in [2.24, 2.45) is 0 Å². The van der Waals surface area contributed by atoms with E-state index in [0.717, 1.165) is 24.6 Å². The standard InChI is InChI=1S/C14H16N2O2S/c1-16(8-12-6-15-10-19-12)7-11-9-17-13-4-2-3-5-14(13)18-11/h2-6,10-11H,7-9H2,1H3. The summed E-state index contributed by atoms with van der Waals surface area (Å²) in [6, 6.07) is 7.81. The van der Waals surface area contributed by atoms with Crippen molar-refractivity contribution in [1.29, 1.82) is 0 Å². The van der Waals surface area contributed by atoms with Crippen molar-refractivity contribution in [3.8, 4) is 11.5 Å². The molecule has 2 heterocycles. The molecule has 0 radical (unpaired) electrons. The van der Waals surface area contributed by atoms with Gasteiger partial charge in [-0.05, 0) is 19.2 Å². The average Bonchev–Trinajstić information content (AvgIpc) is 2.91. The Balaban J connectivity index is 1.57. The van der Waals surface area contributed by atoms with E-state index in [1.165, 1.54) is 4.88 Å². The molecule has 0 saturated carbocycles. The highest BCUT2D eigenvalue weighted by molar-refractivity contribution is 7.09. The van der Waals surface area contributed by atoms with Crippen LogP contribution in [0.3, 0.4) is 0 Å². The Bertz CT molecular complexity index is 530. The molecule has 1 aromatic carbocycles. The van der Waals surface area contributed by atoms with Crippen LogP contribution in [0.15, 0.2) is 36.0 Å². The summed E-state index contributed by atoms with van der Waals surface area (Å²) in [6.45, 7) is 2.34. The largest absolute Gasteiger partial charge is 0.486 e. The second kappa shape index (κ2) is 5.59. The minimum Gasteiger partial charge on any atom is -0.486 e. The first-order chi connectivity index (χ1) is 9.31. The lowest BCUT2D eigenvalue weighted by molar-refractivity contribution is 0.0640. The van der Waals surface area contributed by atoms with Crippen LogP contribution in [0.25, 0.3) is 0 Å². The van der Waals surface area contributed by atoms with E-state index in [0.29, 0.717) is 6.61 Å². The van der Waals surface area contributed by atoms with Gasteiger partial charge in [0.05, 0.1) is 5.51 Å². The molecule has 0 bridgehead atoms. The van der Waals surface area contributed by atoms with E-state index in [2.05, 4.69) is 16.9 Å². The normalized spacial score (nSPS) is 17.7. The Morgan fingerprint density at radius 2 is 2.21 bits per heavy atom. The van der Waals surface area contributed by atoms with Crippen LogP contribution >= 0.6 is 11.3 Å². The Labute approximate surface area is 116 Å². The highest BCUT2D eigenvalue weighted by atomic mass is 32.1. The number of fused-ring (bicyclic) bond motifs is 1. The molecular weight excluding hydrogens is 260 g/mol. The minimum absolute atomic E-state index is 0.0767. The van der Waals surface area contributed by atoms with E-state index < -0.39 is 0 Å². The molecule has 100 valence electrons. The number of ether oxygens (including phenoxy) is 2. The third-order valence-electron chi connectivity index (χ3n) is 2.99. The second-order valence-corrected chi connectivity index (χ2v) is 5.63. The fourth-order valence-corrected chi connectivity index (χ4v) is 2.83. The molecule has 0 N–H and O–H groups in total. The number of likely N-dealkylation sites (N-methyl/N-ethyl adjacent to an activating group) is 1. The number of nitrogens with zero attached hydrogens (tertiary/aromatic N) is 2. The van der Waals surface area contributed by atoms with Gasteiger partial charge in [-0.1, -0.05) is 12.1 Å². The zero-order valence-corrected chi connectivity index (χ0v) is 11.6. The molecule has 1 unspecified atom stereocenters. The smallest absolute Gasteiger partial charge is 0.161 e. The summed E-state index contributed by atoms with van der Waals surface area (Å²) in [6.07, 6.45) is 1.99. The molecule has 1 aliphatic rings. The molecule has 0 amide bonds. The third-order valence-corrected chi connectivity index (χ3v) is 3.76. The highest BCUT2D eigenvalue weighted by Crippen LogP contribution is 2.31. The van der Waals surface area contributed by atoms with Gasteiger partial charge in [0.1, 0.15) is 12.7 Å². The van der Waals surface area contributed by atoms with Gasteiger partial charge in [-0.15, -0.1) is 11.3 Å². The van der Waals surface area contributed by atoms with Gasteiger partial charge in [0, 0.05) is 24.2 Å². The topological polar surface area (TPSA) is 34.6 Å². The maximum atomic E-state index is 5.94. The molecular formula is C14H16N2O2S. The summed E-state index contributed by atoms with van der Waals surface area (Å²) in [5.74, 6) is 1.67. The van der Waals surface area contributed by atoms with Gasteiger partial charge in [0.2, 0.25) is 0 Å². The Morgan fingerprint density at radius 3 is 3.00 bits per heavy atom. The first kappa shape index (κ1) is 12.4. The summed E-state index contributed by atoms with van der Waals surface area (Å²) < 4.78 is 11.7. The first-order valence-electron chi connectivity index (χ1n) is 6.25. The highest BCUT2D eigenvalue weighted by Gasteiger charge is 2.21. The van der Waals surface area contributed by atoms with E-state index in [1.807, 2.05) is 36.0 Å². The summed E-state index contributed by atoms with van der Waals surface area (Å²) in [4.78, 5) is 7.58. The zero-order chi connectivity index (χ0) is 13.1. The van der Waals surface area contributed by atoms with Gasteiger partial charge < -0.3 is 9.47 Å². The lowest BCUT2D eigenvalue weighted by Gasteiger charge is -2.29. The Kier molecular flexibility index (Phi) is 3.66. The minimum atomic E-state index is 0.0767. The van der Waals surface area contributed by atoms with Crippen LogP contribution < -0.4 is 9.47 Å². The molecule has 2 aromatic rings. The van der Waals surface area contributed by atoms with Crippen LogP contribution in [0.1, 0.15) is 4.88 Å². The van der Waals surface area contributed by atoms with Crippen LogP contribution in [-0.2, 0) is 6.54 Å². The maximum absolute atomic E-state index is 5.94. The van der Waals surface area contributed by atoms with Gasteiger partial charge in [0.15, 0.2) is 11.5 Å². The van der Waals surface area contributed by atoms with Crippen molar-refractivity contribution in [3.63, 3.8) is 0 Å². The van der Waals surface area contributed by atoms with Crippen molar-refractivity contribution in [1.82, 2.24) is 9.88 Å². The van der Waals surface area contributed by atoms with Crippen LogP contribution in [0.2, 0.25) is 0 Å². The fraction of sp³-hybridized carbons (Fsp3) is 0.357. The van der Waals surface area contributed by atoms with Gasteiger partial charge in [0.25, 0.3) is 0 Å². The predicted molar refractivity (Wildman–Crippen MR) is 74.8 cm³/mol. The van der Waals surface area contributed by atoms with Crippen molar-refractivity contribution < 1.29 is 9.47 Å². The molecule has 0 aliphatic carbocycles. The molecule has 5 heteroatoms. The maximum Gasteiger partial charge on any atom is 0.161 e. The van der Waals surface area contributed by atoms with Gasteiger partial charge in [-0.25, -0.2) is 0 Å². The molecule has 0 fully saturated rings. The zero-order valence-electron chi connectivity index (χ0n) is 10.8. The molecule has 0 spiro atoms. The second-order valence-electron chi connectivity index (χ2n) is 4.66. The number of hydrogen-bond acceptors (Lipinski definition) is 5. The van der Waals surface area contributed by atoms with E-state index in [1.54, 1.807) is 11.3 Å². The predicted octanol–water partition coefficient (Wildman–Crippen LogP) is 2.41. The van der Waals surface area contributed by atoms with Gasteiger partial charge in [-0.3, -0.25) is 9.88 Å². The lowest BCUT2D eigenvalue weighted by Crippen LogP contribution is -2.39. The number of para-hydroxylation sites is 2. The lowest BCUT2D eigenvalue weighted by atomic mass is 10.2. The molecule has 1 atom stereocenters. The molecule has 4 nitrogen and oxygen atoms in total. The molecule has 19 heavy (non-hydrogen) atoms. The molecule has 0 saturated heterocycles. The summed E-state index contributed by atoms with van der Waals surface area (Å²) in [5.41, 5.74) is 1.86. The van der Waals surface area contributed by atoms with Crippen molar-refractivity contribution >= 4 is 11.3 Å². The van der Waals surface area contributed by atoms with Crippen molar-refractivity contribution in [2.45, 2.75) is 12.6 Å². The van der Waals surface area contributed by atoms with Crippen molar-refractivity contribution in [2.75, 3.05) is 20.2 Å².